The van der Waals surface area contributed by atoms with E-state index in [1.165, 1.54) is 0 Å². The molecule has 0 saturated carbocycles. The van der Waals surface area contributed by atoms with Crippen molar-refractivity contribution >= 4 is 11.9 Å². The van der Waals surface area contributed by atoms with Crippen molar-refractivity contribution in [1.82, 2.24) is 0 Å². The van der Waals surface area contributed by atoms with Gasteiger partial charge in [-0.05, 0) is 0 Å². The molecule has 13 heavy (non-hydrogen) atoms. The van der Waals surface area contributed by atoms with E-state index in [1.54, 1.807) is 0 Å². The minimum Gasteiger partial charge on any atom is -0.394 e. The first kappa shape index (κ1) is 14.1. The first-order chi connectivity index (χ1) is 6.12. The minimum absolute atomic E-state index is 0.125. The van der Waals surface area contributed by atoms with Crippen molar-refractivity contribution in [2.24, 2.45) is 0 Å². The number of rotatable bonds is 3. The van der Waals surface area contributed by atoms with E-state index in [1.807, 2.05) is 0 Å². The molecular formula is C8H12O5. The van der Waals surface area contributed by atoms with Crippen LogP contribution in [-0.2, 0) is 14.3 Å². The first-order valence-electron chi connectivity index (χ1n) is 3.34. The van der Waals surface area contributed by atoms with Gasteiger partial charge < -0.3 is 14.9 Å². The molecule has 5 heteroatoms. The summed E-state index contributed by atoms with van der Waals surface area (Å²) in [5.74, 6) is -1.53. The highest BCUT2D eigenvalue weighted by Crippen LogP contribution is 1.80. The van der Waals surface area contributed by atoms with Crippen molar-refractivity contribution in [3.63, 3.8) is 0 Å². The van der Waals surface area contributed by atoms with Gasteiger partial charge in [0.1, 0.15) is 0 Å². The van der Waals surface area contributed by atoms with E-state index in [0.717, 1.165) is 12.2 Å². The standard InChI is InChI=1S/C6H6O3.C2H6O2/c1-3-5(7)9-6(8)4-2;3-1-2-4/h3-4H,1-2H2;3-4H,1-2H2. The molecule has 0 amide bonds. The molecule has 0 rings (SSSR count). The molecule has 0 saturated heterocycles. The molecule has 0 aliphatic rings. The normalized spacial score (nSPS) is 7.54. The Kier molecular flexibility index (Phi) is 11.4. The number of aliphatic hydroxyl groups is 2. The fourth-order valence-corrected chi connectivity index (χ4v) is 0.182. The molecule has 2 N–H and O–H groups in total. The van der Waals surface area contributed by atoms with Crippen LogP contribution in [0.15, 0.2) is 25.3 Å². The Morgan fingerprint density at radius 1 is 1.08 bits per heavy atom. The molecular weight excluding hydrogens is 176 g/mol. The summed E-state index contributed by atoms with van der Waals surface area (Å²) in [6.07, 6.45) is 1.81. The molecule has 0 spiro atoms. The van der Waals surface area contributed by atoms with Crippen molar-refractivity contribution in [3.8, 4) is 0 Å². The molecule has 74 valence electrons. The smallest absolute Gasteiger partial charge is 0.338 e. The Labute approximate surface area is 75.9 Å². The van der Waals surface area contributed by atoms with E-state index in [9.17, 15) is 9.59 Å². The third-order valence-electron chi connectivity index (χ3n) is 0.635. The maximum atomic E-state index is 10.2. The molecule has 0 atom stereocenters. The number of carbonyl (C=O) groups is 2. The number of hydrogen-bond acceptors (Lipinski definition) is 5. The summed E-state index contributed by atoms with van der Waals surface area (Å²) in [5, 5.41) is 15.2. The second-order valence-corrected chi connectivity index (χ2v) is 1.60. The van der Waals surface area contributed by atoms with E-state index in [4.69, 9.17) is 10.2 Å². The van der Waals surface area contributed by atoms with E-state index >= 15 is 0 Å². The van der Waals surface area contributed by atoms with E-state index in [-0.39, 0.29) is 13.2 Å². The third-order valence-corrected chi connectivity index (χ3v) is 0.635. The molecule has 5 nitrogen and oxygen atoms in total. The minimum atomic E-state index is -0.764. The van der Waals surface area contributed by atoms with Gasteiger partial charge in [0, 0.05) is 12.2 Å². The lowest BCUT2D eigenvalue weighted by atomic mass is 10.6. The molecule has 0 aromatic carbocycles. The van der Waals surface area contributed by atoms with Crippen molar-refractivity contribution in [2.75, 3.05) is 13.2 Å². The van der Waals surface area contributed by atoms with Crippen molar-refractivity contribution in [2.45, 2.75) is 0 Å². The highest BCUT2D eigenvalue weighted by atomic mass is 16.6. The zero-order valence-corrected chi connectivity index (χ0v) is 7.10. The summed E-state index contributed by atoms with van der Waals surface area (Å²) in [7, 11) is 0. The molecule has 0 aromatic heterocycles. The van der Waals surface area contributed by atoms with Crippen LogP contribution >= 0.6 is 0 Å². The van der Waals surface area contributed by atoms with Gasteiger partial charge in [-0.15, -0.1) is 0 Å². The zero-order chi connectivity index (χ0) is 10.7. The Hall–Kier alpha value is -1.46. The van der Waals surface area contributed by atoms with Gasteiger partial charge in [0.25, 0.3) is 0 Å². The van der Waals surface area contributed by atoms with Gasteiger partial charge in [-0.2, -0.15) is 0 Å². The lowest BCUT2D eigenvalue weighted by Crippen LogP contribution is -2.05. The molecule has 0 bridgehead atoms. The number of carbonyl (C=O) groups excluding carboxylic acids is 2. The van der Waals surface area contributed by atoms with Crippen LogP contribution in [0.2, 0.25) is 0 Å². The third kappa shape index (κ3) is 13.5. The quantitative estimate of drug-likeness (QED) is 0.351. The Bertz CT molecular complexity index is 165. The monoisotopic (exact) mass is 188 g/mol. The van der Waals surface area contributed by atoms with Gasteiger partial charge in [0.05, 0.1) is 13.2 Å². The number of aliphatic hydroxyl groups excluding tert-OH is 2. The molecule has 0 aliphatic carbocycles. The topological polar surface area (TPSA) is 83.8 Å². The molecule has 0 unspecified atom stereocenters. The van der Waals surface area contributed by atoms with Crippen LogP contribution in [0.3, 0.4) is 0 Å². The highest BCUT2D eigenvalue weighted by molar-refractivity contribution is 5.95. The van der Waals surface area contributed by atoms with E-state index in [0.29, 0.717) is 0 Å². The average molecular weight is 188 g/mol. The average Bonchev–Trinajstić information content (AvgIpc) is 2.17. The fraction of sp³-hybridized carbons (Fsp3) is 0.250. The van der Waals surface area contributed by atoms with Gasteiger partial charge in [0.2, 0.25) is 0 Å². The summed E-state index contributed by atoms with van der Waals surface area (Å²) >= 11 is 0. The predicted octanol–water partition coefficient (Wildman–Crippen LogP) is -0.601. The van der Waals surface area contributed by atoms with Gasteiger partial charge in [-0.25, -0.2) is 9.59 Å². The molecule has 0 aromatic rings. The van der Waals surface area contributed by atoms with Crippen molar-refractivity contribution < 1.29 is 24.5 Å². The van der Waals surface area contributed by atoms with Crippen LogP contribution in [0.1, 0.15) is 0 Å². The second-order valence-electron chi connectivity index (χ2n) is 1.60. The Balaban J connectivity index is 0. The second kappa shape index (κ2) is 10.5. The van der Waals surface area contributed by atoms with Crippen LogP contribution in [0.4, 0.5) is 0 Å². The molecule has 0 fully saturated rings. The van der Waals surface area contributed by atoms with Crippen LogP contribution in [0.25, 0.3) is 0 Å². The summed E-state index contributed by atoms with van der Waals surface area (Å²) in [6.45, 7) is 5.92. The van der Waals surface area contributed by atoms with Crippen LogP contribution in [0.5, 0.6) is 0 Å². The Morgan fingerprint density at radius 3 is 1.54 bits per heavy atom. The SMILES string of the molecule is C=CC(=O)OC(=O)C=C.OCCO. The summed E-state index contributed by atoms with van der Waals surface area (Å²) in [6, 6.07) is 0. The zero-order valence-electron chi connectivity index (χ0n) is 7.10. The van der Waals surface area contributed by atoms with Crippen LogP contribution in [-0.4, -0.2) is 35.4 Å². The first-order valence-corrected chi connectivity index (χ1v) is 3.34. The maximum Gasteiger partial charge on any atom is 0.338 e. The lowest BCUT2D eigenvalue weighted by molar-refractivity contribution is -0.152. The van der Waals surface area contributed by atoms with E-state index < -0.39 is 11.9 Å². The van der Waals surface area contributed by atoms with Crippen molar-refractivity contribution in [3.05, 3.63) is 25.3 Å². The van der Waals surface area contributed by atoms with E-state index in [2.05, 4.69) is 17.9 Å². The molecule has 0 radical (unpaired) electrons. The maximum absolute atomic E-state index is 10.2. The Morgan fingerprint density at radius 2 is 1.38 bits per heavy atom. The van der Waals surface area contributed by atoms with Gasteiger partial charge in [-0.3, -0.25) is 0 Å². The van der Waals surface area contributed by atoms with Crippen LogP contribution in [0, 0.1) is 0 Å². The predicted molar refractivity (Wildman–Crippen MR) is 45.7 cm³/mol. The largest absolute Gasteiger partial charge is 0.394 e. The fourth-order valence-electron chi connectivity index (χ4n) is 0.182. The van der Waals surface area contributed by atoms with Crippen molar-refractivity contribution in [1.29, 1.82) is 0 Å². The van der Waals surface area contributed by atoms with Gasteiger partial charge in [-0.1, -0.05) is 13.2 Å². The molecule has 0 aliphatic heterocycles. The lowest BCUT2D eigenvalue weighted by Gasteiger charge is -1.90. The van der Waals surface area contributed by atoms with Gasteiger partial charge in [0.15, 0.2) is 0 Å². The van der Waals surface area contributed by atoms with Crippen LogP contribution < -0.4 is 0 Å². The summed E-state index contributed by atoms with van der Waals surface area (Å²) in [4.78, 5) is 20.3. The van der Waals surface area contributed by atoms with Gasteiger partial charge >= 0.3 is 11.9 Å². The number of esters is 2. The summed E-state index contributed by atoms with van der Waals surface area (Å²) in [5.41, 5.74) is 0. The molecule has 0 heterocycles. The number of hydrogen-bond donors (Lipinski definition) is 2. The summed E-state index contributed by atoms with van der Waals surface area (Å²) < 4.78 is 4.03. The number of ether oxygens (including phenoxy) is 1. The highest BCUT2D eigenvalue weighted by Gasteiger charge is 1.99.